The summed E-state index contributed by atoms with van der Waals surface area (Å²) in [4.78, 5) is 74.6. The normalized spacial score (nSPS) is 17.6. The Morgan fingerprint density at radius 3 is 1.80 bits per heavy atom. The summed E-state index contributed by atoms with van der Waals surface area (Å²) in [5.41, 5.74) is -0.332. The van der Waals surface area contributed by atoms with Crippen LogP contribution in [-0.4, -0.2) is 95.3 Å². The SMILES string of the molecule is CC(C)[C@@H](C(=O)N[C@@H](CC(=O)OC(c1ccccc1)(c1ccc(C2CCCCCCCCC2)cc1)c1ccccc1Cl)C(=O)N1CCCC1)N(C)C(=O)C(C)(Cc1ccccc1)N(C)C(=O)C(F)(F)F. The lowest BCUT2D eigenvalue weighted by Crippen LogP contribution is -2.65. The highest BCUT2D eigenvalue weighted by Gasteiger charge is 2.52. The molecule has 6 rings (SSSR count). The average molecular weight is 986 g/mol. The zero-order chi connectivity index (χ0) is 50.6. The van der Waals surface area contributed by atoms with E-state index in [4.69, 9.17) is 16.3 Å². The molecule has 70 heavy (non-hydrogen) atoms. The molecule has 4 amide bonds. The Labute approximate surface area is 416 Å². The van der Waals surface area contributed by atoms with Crippen molar-refractivity contribution in [2.45, 2.75) is 140 Å². The highest BCUT2D eigenvalue weighted by Crippen LogP contribution is 2.45. The molecule has 376 valence electrons. The van der Waals surface area contributed by atoms with Gasteiger partial charge in [-0.2, -0.15) is 13.2 Å². The number of hydrogen-bond donors (Lipinski definition) is 1. The molecule has 1 aliphatic heterocycles. The minimum atomic E-state index is -5.29. The molecule has 1 saturated carbocycles. The standard InChI is InChI=1S/C56H68ClF3N4O6/c1-39(2)49(62(4)52(68)54(3,38-40-23-13-11-14-24-40)63(5)53(69)56(58,59)60)50(66)61-47(51(67)64-35-21-22-36-64)37-48(65)70-55(43-27-17-12-18-28-43,45-29-19-20-30-46(45)57)44-33-31-42(32-34-44)41-25-15-9-7-6-8-10-16-26-41/h11-14,17-20,23-24,27-34,39,41,47,49H,6-10,15-16,21-22,25-26,35-38H2,1-5H3,(H,61,66)/t47-,49-,54?,55?/m0/s1. The molecule has 4 aromatic carbocycles. The number of amides is 4. The molecule has 0 spiro atoms. The van der Waals surface area contributed by atoms with Crippen molar-refractivity contribution in [3.63, 3.8) is 0 Å². The van der Waals surface area contributed by atoms with E-state index in [2.05, 4.69) is 17.4 Å². The van der Waals surface area contributed by atoms with Crippen LogP contribution in [0.4, 0.5) is 13.2 Å². The highest BCUT2D eigenvalue weighted by atomic mass is 35.5. The van der Waals surface area contributed by atoms with Crippen molar-refractivity contribution in [1.82, 2.24) is 20.0 Å². The second-order valence-corrected chi connectivity index (χ2v) is 20.0. The van der Waals surface area contributed by atoms with Gasteiger partial charge in [0.2, 0.25) is 17.7 Å². The fourth-order valence-corrected chi connectivity index (χ4v) is 10.6. The Bertz CT molecular complexity index is 2390. The van der Waals surface area contributed by atoms with E-state index >= 15 is 0 Å². The molecule has 4 atom stereocenters. The predicted octanol–water partition coefficient (Wildman–Crippen LogP) is 10.8. The molecule has 0 bridgehead atoms. The molecule has 1 heterocycles. The number of likely N-dealkylation sites (N-methyl/N-ethyl adjacent to an activating group) is 2. The third kappa shape index (κ3) is 12.6. The molecule has 0 aromatic heterocycles. The van der Waals surface area contributed by atoms with Crippen LogP contribution in [0.25, 0.3) is 0 Å². The summed E-state index contributed by atoms with van der Waals surface area (Å²) in [5, 5.41) is 3.12. The van der Waals surface area contributed by atoms with Crippen molar-refractivity contribution in [3.8, 4) is 0 Å². The van der Waals surface area contributed by atoms with Crippen LogP contribution in [0, 0.1) is 5.92 Å². The van der Waals surface area contributed by atoms with Crippen molar-refractivity contribution < 1.29 is 41.9 Å². The van der Waals surface area contributed by atoms with Gasteiger partial charge in [0.25, 0.3) is 0 Å². The quantitative estimate of drug-likeness (QED) is 0.0883. The number of nitrogens with zero attached hydrogens (tertiary/aromatic N) is 3. The lowest BCUT2D eigenvalue weighted by Gasteiger charge is -2.43. The van der Waals surface area contributed by atoms with Gasteiger partial charge in [-0.05, 0) is 61.6 Å². The van der Waals surface area contributed by atoms with Crippen LogP contribution in [0.1, 0.15) is 132 Å². The molecule has 1 aliphatic carbocycles. The first-order valence-corrected chi connectivity index (χ1v) is 25.1. The molecule has 2 aliphatic rings. The van der Waals surface area contributed by atoms with Gasteiger partial charge in [0.1, 0.15) is 17.6 Å². The zero-order valence-electron chi connectivity index (χ0n) is 41.1. The number of carbonyl (C=O) groups is 5. The van der Waals surface area contributed by atoms with Crippen molar-refractivity contribution >= 4 is 41.2 Å². The van der Waals surface area contributed by atoms with Crippen LogP contribution >= 0.6 is 11.6 Å². The van der Waals surface area contributed by atoms with Crippen LogP contribution < -0.4 is 5.32 Å². The van der Waals surface area contributed by atoms with Crippen LogP contribution in [0.15, 0.2) is 109 Å². The van der Waals surface area contributed by atoms with Crippen LogP contribution in [0.5, 0.6) is 0 Å². The molecule has 0 radical (unpaired) electrons. The smallest absolute Gasteiger partial charge is 0.444 e. The first-order valence-electron chi connectivity index (χ1n) is 24.8. The Hall–Kier alpha value is -5.69. The summed E-state index contributed by atoms with van der Waals surface area (Å²) in [6, 6.07) is 30.0. The first kappa shape index (κ1) is 53.7. The van der Waals surface area contributed by atoms with E-state index in [1.54, 1.807) is 67.3 Å². The molecular weight excluding hydrogens is 917 g/mol. The summed E-state index contributed by atoms with van der Waals surface area (Å²) in [7, 11) is 2.20. The molecule has 1 N–H and O–H groups in total. The number of likely N-dealkylation sites (tertiary alicyclic amines) is 1. The van der Waals surface area contributed by atoms with Gasteiger partial charge in [-0.3, -0.25) is 24.0 Å². The summed E-state index contributed by atoms with van der Waals surface area (Å²) < 4.78 is 48.7. The Balaban J connectivity index is 1.35. The second kappa shape index (κ2) is 23.9. The fourth-order valence-electron chi connectivity index (χ4n) is 10.4. The second-order valence-electron chi connectivity index (χ2n) is 19.6. The number of benzene rings is 4. The third-order valence-corrected chi connectivity index (χ3v) is 14.6. The molecule has 10 nitrogen and oxygen atoms in total. The van der Waals surface area contributed by atoms with E-state index in [0.29, 0.717) is 64.0 Å². The van der Waals surface area contributed by atoms with Gasteiger partial charge in [0, 0.05) is 55.3 Å². The van der Waals surface area contributed by atoms with E-state index < -0.39 is 71.3 Å². The van der Waals surface area contributed by atoms with E-state index in [9.17, 15) is 37.1 Å². The van der Waals surface area contributed by atoms with Gasteiger partial charge in [-0.15, -0.1) is 0 Å². The predicted molar refractivity (Wildman–Crippen MR) is 266 cm³/mol. The molecule has 2 unspecified atom stereocenters. The van der Waals surface area contributed by atoms with Crippen molar-refractivity contribution in [3.05, 3.63) is 142 Å². The summed E-state index contributed by atoms with van der Waals surface area (Å²) >= 11 is 7.06. The Kier molecular flexibility index (Phi) is 18.4. The van der Waals surface area contributed by atoms with Crippen LogP contribution in [0.3, 0.4) is 0 Å². The molecule has 1 saturated heterocycles. The van der Waals surface area contributed by atoms with Crippen LogP contribution in [0.2, 0.25) is 5.02 Å². The molecule has 4 aromatic rings. The van der Waals surface area contributed by atoms with Crippen LogP contribution in [-0.2, 0) is 40.7 Å². The lowest BCUT2D eigenvalue weighted by atomic mass is 9.78. The Morgan fingerprint density at radius 1 is 0.714 bits per heavy atom. The van der Waals surface area contributed by atoms with Crippen molar-refractivity contribution in [1.29, 1.82) is 0 Å². The van der Waals surface area contributed by atoms with Gasteiger partial charge in [-0.1, -0.05) is 174 Å². The topological polar surface area (TPSA) is 116 Å². The summed E-state index contributed by atoms with van der Waals surface area (Å²) in [6.45, 7) is 5.33. The minimum absolute atomic E-state index is 0.304. The van der Waals surface area contributed by atoms with E-state index in [1.807, 2.05) is 48.5 Å². The maximum atomic E-state index is 14.9. The number of halogens is 4. The van der Waals surface area contributed by atoms with E-state index in [1.165, 1.54) is 51.6 Å². The monoisotopic (exact) mass is 984 g/mol. The number of ether oxygens (including phenoxy) is 1. The maximum absolute atomic E-state index is 14.9. The van der Waals surface area contributed by atoms with Gasteiger partial charge in [0.15, 0.2) is 5.60 Å². The van der Waals surface area contributed by atoms with E-state index in [0.717, 1.165) is 37.6 Å². The average Bonchev–Trinajstić information content (AvgIpc) is 3.90. The fraction of sp³-hybridized carbons (Fsp3) is 0.482. The molecule has 14 heteroatoms. The number of hydrogen-bond acceptors (Lipinski definition) is 6. The largest absolute Gasteiger partial charge is 0.471 e. The number of carbonyl (C=O) groups excluding carboxylic acids is 5. The zero-order valence-corrected chi connectivity index (χ0v) is 41.9. The number of rotatable bonds is 16. The van der Waals surface area contributed by atoms with Crippen molar-refractivity contribution in [2.24, 2.45) is 5.92 Å². The van der Waals surface area contributed by atoms with Gasteiger partial charge >= 0.3 is 18.1 Å². The molecule has 2 fully saturated rings. The lowest BCUT2D eigenvalue weighted by molar-refractivity contribution is -0.191. The van der Waals surface area contributed by atoms with Crippen molar-refractivity contribution in [2.75, 3.05) is 27.2 Å². The highest BCUT2D eigenvalue weighted by molar-refractivity contribution is 6.31. The minimum Gasteiger partial charge on any atom is -0.444 e. The molecular formula is C56H68ClF3N4O6. The number of nitrogens with one attached hydrogen (secondary N) is 1. The maximum Gasteiger partial charge on any atom is 0.471 e. The summed E-state index contributed by atoms with van der Waals surface area (Å²) in [6.07, 6.45) is 5.92. The third-order valence-electron chi connectivity index (χ3n) is 14.3. The number of alkyl halides is 3. The van der Waals surface area contributed by atoms with E-state index in [-0.39, 0.29) is 6.42 Å². The number of esters is 1. The van der Waals surface area contributed by atoms with Gasteiger partial charge in [0.05, 0.1) is 6.42 Å². The van der Waals surface area contributed by atoms with Gasteiger partial charge in [-0.25, -0.2) is 0 Å². The first-order chi connectivity index (χ1) is 33.4. The summed E-state index contributed by atoms with van der Waals surface area (Å²) in [5.74, 6) is -5.61. The Morgan fingerprint density at radius 2 is 1.24 bits per heavy atom. The van der Waals surface area contributed by atoms with Gasteiger partial charge < -0.3 is 24.8 Å².